The van der Waals surface area contributed by atoms with Crippen LogP contribution in [0.5, 0.6) is 17.4 Å². The van der Waals surface area contributed by atoms with Crippen molar-refractivity contribution in [1.29, 1.82) is 0 Å². The second-order valence-corrected chi connectivity index (χ2v) is 5.56. The van der Waals surface area contributed by atoms with Crippen molar-refractivity contribution >= 4 is 11.6 Å². The first-order valence-corrected chi connectivity index (χ1v) is 7.65. The van der Waals surface area contributed by atoms with E-state index in [0.717, 1.165) is 12.1 Å². The van der Waals surface area contributed by atoms with E-state index in [-0.39, 0.29) is 23.9 Å². The standard InChI is InChI=1S/C18H16F3NO4/c1-11(23)9-16(24)12(2)25-14-4-6-15(7-5-14)26-17-8-3-13(10-22-17)18(19,20)21/h3-8,10,12H,9H2,1-2H3/t12-/m1/s1. The number of benzene rings is 1. The summed E-state index contributed by atoms with van der Waals surface area (Å²) in [5, 5.41) is 0. The molecule has 1 atom stereocenters. The van der Waals surface area contributed by atoms with Gasteiger partial charge in [-0.25, -0.2) is 4.98 Å². The Labute approximate surface area is 147 Å². The molecule has 0 unspecified atom stereocenters. The first-order valence-electron chi connectivity index (χ1n) is 7.65. The summed E-state index contributed by atoms with van der Waals surface area (Å²) in [6.45, 7) is 2.87. The molecular formula is C18H16F3NO4. The molecule has 0 aliphatic carbocycles. The first-order chi connectivity index (χ1) is 12.1. The van der Waals surface area contributed by atoms with Crippen molar-refractivity contribution in [3.05, 3.63) is 48.2 Å². The van der Waals surface area contributed by atoms with Gasteiger partial charge in [0.05, 0.1) is 12.0 Å². The Morgan fingerprint density at radius 3 is 2.19 bits per heavy atom. The van der Waals surface area contributed by atoms with Crippen molar-refractivity contribution in [2.75, 3.05) is 0 Å². The summed E-state index contributed by atoms with van der Waals surface area (Å²) in [6, 6.07) is 8.12. The average Bonchev–Trinajstić information content (AvgIpc) is 2.55. The van der Waals surface area contributed by atoms with Crippen LogP contribution in [-0.4, -0.2) is 22.7 Å². The van der Waals surface area contributed by atoms with Gasteiger partial charge in [-0.2, -0.15) is 13.2 Å². The Morgan fingerprint density at radius 2 is 1.69 bits per heavy atom. The third-order valence-electron chi connectivity index (χ3n) is 3.30. The second kappa shape index (κ2) is 7.99. The number of halogens is 3. The largest absolute Gasteiger partial charge is 0.483 e. The maximum Gasteiger partial charge on any atom is 0.417 e. The SMILES string of the molecule is CC(=O)CC(=O)[C@@H](C)Oc1ccc(Oc2ccc(C(F)(F)F)cn2)cc1. The molecule has 8 heteroatoms. The van der Waals surface area contributed by atoms with Gasteiger partial charge in [0.2, 0.25) is 5.88 Å². The van der Waals surface area contributed by atoms with Crippen LogP contribution in [0, 0.1) is 0 Å². The highest BCUT2D eigenvalue weighted by atomic mass is 19.4. The molecule has 5 nitrogen and oxygen atoms in total. The van der Waals surface area contributed by atoms with Crippen molar-refractivity contribution in [3.8, 4) is 17.4 Å². The van der Waals surface area contributed by atoms with Gasteiger partial charge in [0.25, 0.3) is 0 Å². The molecule has 1 heterocycles. The van der Waals surface area contributed by atoms with E-state index in [1.807, 2.05) is 0 Å². The van der Waals surface area contributed by atoms with Crippen molar-refractivity contribution in [3.63, 3.8) is 0 Å². The smallest absolute Gasteiger partial charge is 0.417 e. The number of hydrogen-bond donors (Lipinski definition) is 0. The average molecular weight is 367 g/mol. The predicted octanol–water partition coefficient (Wildman–Crippen LogP) is 4.21. The molecule has 0 aliphatic heterocycles. The van der Waals surface area contributed by atoms with E-state index >= 15 is 0 Å². The Morgan fingerprint density at radius 1 is 1.08 bits per heavy atom. The summed E-state index contributed by atoms with van der Waals surface area (Å²) in [6.07, 6.45) is -4.74. The van der Waals surface area contributed by atoms with Crippen LogP contribution < -0.4 is 9.47 Å². The fraction of sp³-hybridized carbons (Fsp3) is 0.278. The van der Waals surface area contributed by atoms with Crippen LogP contribution >= 0.6 is 0 Å². The predicted molar refractivity (Wildman–Crippen MR) is 86.2 cm³/mol. The topological polar surface area (TPSA) is 65.5 Å². The van der Waals surface area contributed by atoms with E-state index in [4.69, 9.17) is 9.47 Å². The molecule has 2 aromatic rings. The number of ketones is 2. The number of carbonyl (C=O) groups excluding carboxylic acids is 2. The van der Waals surface area contributed by atoms with Gasteiger partial charge in [0.1, 0.15) is 17.3 Å². The molecule has 0 N–H and O–H groups in total. The quantitative estimate of drug-likeness (QED) is 0.686. The zero-order valence-corrected chi connectivity index (χ0v) is 14.0. The number of pyridine rings is 1. The number of aromatic nitrogens is 1. The van der Waals surface area contributed by atoms with Gasteiger partial charge in [-0.1, -0.05) is 0 Å². The molecular weight excluding hydrogens is 351 g/mol. The Balaban J connectivity index is 1.97. The van der Waals surface area contributed by atoms with E-state index in [0.29, 0.717) is 17.7 Å². The lowest BCUT2D eigenvalue weighted by Gasteiger charge is -2.13. The third kappa shape index (κ3) is 5.58. The fourth-order valence-electron chi connectivity index (χ4n) is 1.97. The Kier molecular flexibility index (Phi) is 5.97. The van der Waals surface area contributed by atoms with Gasteiger partial charge in [-0.05, 0) is 44.2 Å². The van der Waals surface area contributed by atoms with Crippen LogP contribution in [-0.2, 0) is 15.8 Å². The number of nitrogens with zero attached hydrogens (tertiary/aromatic N) is 1. The summed E-state index contributed by atoms with van der Waals surface area (Å²) in [4.78, 5) is 26.3. The van der Waals surface area contributed by atoms with Crippen molar-refractivity contribution in [2.24, 2.45) is 0 Å². The van der Waals surface area contributed by atoms with Crippen molar-refractivity contribution in [1.82, 2.24) is 4.98 Å². The first kappa shape index (κ1) is 19.4. The monoisotopic (exact) mass is 367 g/mol. The molecule has 26 heavy (non-hydrogen) atoms. The molecule has 0 fully saturated rings. The fourth-order valence-corrected chi connectivity index (χ4v) is 1.97. The van der Waals surface area contributed by atoms with Crippen LogP contribution in [0.4, 0.5) is 13.2 Å². The molecule has 0 saturated heterocycles. The van der Waals surface area contributed by atoms with Crippen LogP contribution in [0.2, 0.25) is 0 Å². The molecule has 0 spiro atoms. The van der Waals surface area contributed by atoms with Crippen LogP contribution in [0.3, 0.4) is 0 Å². The molecule has 1 aromatic carbocycles. The van der Waals surface area contributed by atoms with Gasteiger partial charge < -0.3 is 9.47 Å². The van der Waals surface area contributed by atoms with E-state index in [9.17, 15) is 22.8 Å². The van der Waals surface area contributed by atoms with E-state index in [2.05, 4.69) is 4.98 Å². The van der Waals surface area contributed by atoms with E-state index in [1.165, 1.54) is 31.2 Å². The highest BCUT2D eigenvalue weighted by Crippen LogP contribution is 2.30. The lowest BCUT2D eigenvalue weighted by atomic mass is 10.1. The van der Waals surface area contributed by atoms with Crippen molar-refractivity contribution < 1.29 is 32.2 Å². The van der Waals surface area contributed by atoms with E-state index in [1.54, 1.807) is 6.92 Å². The minimum Gasteiger partial charge on any atom is -0.483 e. The molecule has 0 saturated carbocycles. The highest BCUT2D eigenvalue weighted by molar-refractivity contribution is 6.00. The second-order valence-electron chi connectivity index (χ2n) is 5.56. The molecule has 0 radical (unpaired) electrons. The maximum atomic E-state index is 12.5. The summed E-state index contributed by atoms with van der Waals surface area (Å²) in [5.74, 6) is 0.177. The number of ether oxygens (including phenoxy) is 2. The van der Waals surface area contributed by atoms with Gasteiger partial charge in [0, 0.05) is 12.3 Å². The lowest BCUT2D eigenvalue weighted by molar-refractivity contribution is -0.138. The van der Waals surface area contributed by atoms with E-state index < -0.39 is 17.8 Å². The van der Waals surface area contributed by atoms with Gasteiger partial charge >= 0.3 is 6.18 Å². The number of alkyl halides is 3. The summed E-state index contributed by atoms with van der Waals surface area (Å²) < 4.78 is 48.3. The summed E-state index contributed by atoms with van der Waals surface area (Å²) >= 11 is 0. The van der Waals surface area contributed by atoms with Gasteiger partial charge in [0.15, 0.2) is 11.9 Å². The minimum atomic E-state index is -4.46. The highest BCUT2D eigenvalue weighted by Gasteiger charge is 2.30. The molecule has 138 valence electrons. The number of Topliss-reactive ketones (excluding diaryl/α,β-unsaturated/α-hetero) is 2. The lowest BCUT2D eigenvalue weighted by Crippen LogP contribution is -2.25. The number of rotatable bonds is 7. The van der Waals surface area contributed by atoms with Gasteiger partial charge in [-0.15, -0.1) is 0 Å². The summed E-state index contributed by atoms with van der Waals surface area (Å²) in [5.41, 5.74) is -0.863. The normalized spacial score (nSPS) is 12.3. The molecule has 1 aromatic heterocycles. The van der Waals surface area contributed by atoms with Crippen molar-refractivity contribution in [2.45, 2.75) is 32.5 Å². The van der Waals surface area contributed by atoms with Crippen LogP contribution in [0.25, 0.3) is 0 Å². The summed E-state index contributed by atoms with van der Waals surface area (Å²) in [7, 11) is 0. The maximum absolute atomic E-state index is 12.5. The zero-order chi connectivity index (χ0) is 19.3. The zero-order valence-electron chi connectivity index (χ0n) is 14.0. The van der Waals surface area contributed by atoms with Crippen LogP contribution in [0.1, 0.15) is 25.8 Å². The van der Waals surface area contributed by atoms with Crippen LogP contribution in [0.15, 0.2) is 42.6 Å². The molecule has 0 amide bonds. The minimum absolute atomic E-state index is 0.0108. The Bertz CT molecular complexity index is 771. The van der Waals surface area contributed by atoms with Gasteiger partial charge in [-0.3, -0.25) is 9.59 Å². The molecule has 0 aliphatic rings. The number of carbonyl (C=O) groups is 2. The molecule has 0 bridgehead atoms. The third-order valence-corrected chi connectivity index (χ3v) is 3.30. The Hall–Kier alpha value is -2.90. The molecule has 2 rings (SSSR count). The number of hydrogen-bond acceptors (Lipinski definition) is 5.